The zero-order valence-corrected chi connectivity index (χ0v) is 6.25. The van der Waals surface area contributed by atoms with E-state index in [1.165, 1.54) is 0 Å². The summed E-state index contributed by atoms with van der Waals surface area (Å²) in [6.07, 6.45) is -3.02. The van der Waals surface area contributed by atoms with E-state index in [0.29, 0.717) is 13.0 Å². The van der Waals surface area contributed by atoms with Gasteiger partial charge in [0.05, 0.1) is 0 Å². The Hall–Kier alpha value is -0.250. The molecule has 11 heavy (non-hydrogen) atoms. The van der Waals surface area contributed by atoms with Crippen molar-refractivity contribution in [2.75, 3.05) is 13.1 Å². The van der Waals surface area contributed by atoms with Crippen LogP contribution in [0.5, 0.6) is 0 Å². The minimum atomic E-state index is -3.98. The fourth-order valence-electron chi connectivity index (χ4n) is 1.43. The topological polar surface area (TPSA) is 12.0 Å². The minimum Gasteiger partial charge on any atom is -0.316 e. The highest BCUT2D eigenvalue weighted by Gasteiger charge is 2.32. The van der Waals surface area contributed by atoms with Crippen molar-refractivity contribution in [1.82, 2.24) is 5.32 Å². The monoisotopic (exact) mass is 167 g/mol. The van der Waals surface area contributed by atoms with Crippen molar-refractivity contribution >= 4 is 0 Å². The predicted octanol–water partition coefficient (Wildman–Crippen LogP) is 1.94. The van der Waals surface area contributed by atoms with Gasteiger partial charge in [0.2, 0.25) is 0 Å². The van der Waals surface area contributed by atoms with Gasteiger partial charge in [0, 0.05) is 6.42 Å². The van der Waals surface area contributed by atoms with Crippen LogP contribution in [0.1, 0.15) is 19.3 Å². The fraction of sp³-hybridized carbons (Fsp3) is 1.00. The van der Waals surface area contributed by atoms with Crippen molar-refractivity contribution in [1.29, 1.82) is 0 Å². The van der Waals surface area contributed by atoms with Gasteiger partial charge in [0.25, 0.3) is 0 Å². The SMILES string of the molecule is FC(F)(F)C[C@@H]1CCCNC1. The molecule has 66 valence electrons. The van der Waals surface area contributed by atoms with Crippen LogP contribution in [-0.2, 0) is 0 Å². The fourth-order valence-corrected chi connectivity index (χ4v) is 1.43. The molecule has 0 aliphatic carbocycles. The number of alkyl halides is 3. The van der Waals surface area contributed by atoms with E-state index in [1.54, 1.807) is 0 Å². The molecule has 1 saturated heterocycles. The summed E-state index contributed by atoms with van der Waals surface area (Å²) in [5.41, 5.74) is 0. The normalized spacial score (nSPS) is 27.0. The Bertz CT molecular complexity index is 115. The van der Waals surface area contributed by atoms with Crippen LogP contribution in [0.4, 0.5) is 13.2 Å². The molecule has 1 nitrogen and oxygen atoms in total. The maximum Gasteiger partial charge on any atom is 0.389 e. The molecule has 0 unspecified atom stereocenters. The van der Waals surface area contributed by atoms with Crippen molar-refractivity contribution in [2.45, 2.75) is 25.4 Å². The summed E-state index contributed by atoms with van der Waals surface area (Å²) in [7, 11) is 0. The third kappa shape index (κ3) is 3.60. The van der Waals surface area contributed by atoms with Gasteiger partial charge in [0.1, 0.15) is 0 Å². The van der Waals surface area contributed by atoms with Crippen molar-refractivity contribution in [3.63, 3.8) is 0 Å². The zero-order chi connectivity index (χ0) is 8.32. The van der Waals surface area contributed by atoms with E-state index in [9.17, 15) is 13.2 Å². The van der Waals surface area contributed by atoms with Crippen LogP contribution in [0.2, 0.25) is 0 Å². The summed E-state index contributed by atoms with van der Waals surface area (Å²) in [6, 6.07) is 0. The summed E-state index contributed by atoms with van der Waals surface area (Å²) >= 11 is 0. The lowest BCUT2D eigenvalue weighted by Gasteiger charge is -2.23. The van der Waals surface area contributed by atoms with E-state index in [-0.39, 0.29) is 5.92 Å². The summed E-state index contributed by atoms with van der Waals surface area (Å²) < 4.78 is 35.4. The van der Waals surface area contributed by atoms with Gasteiger partial charge >= 0.3 is 6.18 Å². The van der Waals surface area contributed by atoms with Crippen LogP contribution in [0.15, 0.2) is 0 Å². The highest BCUT2D eigenvalue weighted by Crippen LogP contribution is 2.27. The number of piperidine rings is 1. The van der Waals surface area contributed by atoms with E-state index in [4.69, 9.17) is 0 Å². The van der Waals surface area contributed by atoms with Crippen LogP contribution in [-0.4, -0.2) is 19.3 Å². The molecule has 0 spiro atoms. The Morgan fingerprint density at radius 2 is 2.09 bits per heavy atom. The quantitative estimate of drug-likeness (QED) is 0.629. The lowest BCUT2D eigenvalue weighted by Crippen LogP contribution is -2.32. The van der Waals surface area contributed by atoms with Gasteiger partial charge in [-0.15, -0.1) is 0 Å². The maximum absolute atomic E-state index is 11.8. The highest BCUT2D eigenvalue weighted by atomic mass is 19.4. The standard InChI is InChI=1S/C7H12F3N/c8-7(9,10)4-6-2-1-3-11-5-6/h6,11H,1-5H2/t6-/m0/s1. The van der Waals surface area contributed by atoms with E-state index in [0.717, 1.165) is 13.0 Å². The van der Waals surface area contributed by atoms with Crippen LogP contribution < -0.4 is 5.32 Å². The van der Waals surface area contributed by atoms with Crippen LogP contribution in [0.25, 0.3) is 0 Å². The second-order valence-electron chi connectivity index (χ2n) is 3.03. The first-order chi connectivity index (χ1) is 5.08. The lowest BCUT2D eigenvalue weighted by molar-refractivity contribution is -0.145. The molecular formula is C7H12F3N. The molecular weight excluding hydrogens is 155 g/mol. The Labute approximate surface area is 64.0 Å². The molecule has 0 bridgehead atoms. The van der Waals surface area contributed by atoms with Crippen molar-refractivity contribution < 1.29 is 13.2 Å². The van der Waals surface area contributed by atoms with Gasteiger partial charge in [-0.1, -0.05) is 0 Å². The molecule has 0 radical (unpaired) electrons. The largest absolute Gasteiger partial charge is 0.389 e. The molecule has 1 aliphatic rings. The molecule has 1 fully saturated rings. The number of halogens is 3. The van der Waals surface area contributed by atoms with Crippen LogP contribution in [0.3, 0.4) is 0 Å². The van der Waals surface area contributed by atoms with Crippen molar-refractivity contribution in [3.05, 3.63) is 0 Å². The number of nitrogens with one attached hydrogen (secondary N) is 1. The van der Waals surface area contributed by atoms with Gasteiger partial charge in [-0.2, -0.15) is 13.2 Å². The summed E-state index contributed by atoms with van der Waals surface area (Å²) in [4.78, 5) is 0. The second-order valence-corrected chi connectivity index (χ2v) is 3.03. The Balaban J connectivity index is 2.24. The van der Waals surface area contributed by atoms with Crippen molar-refractivity contribution in [2.24, 2.45) is 5.92 Å². The lowest BCUT2D eigenvalue weighted by atomic mass is 9.96. The number of rotatable bonds is 1. The predicted molar refractivity (Wildman–Crippen MR) is 36.3 cm³/mol. The number of hydrogen-bond acceptors (Lipinski definition) is 1. The van der Waals surface area contributed by atoms with E-state index >= 15 is 0 Å². The van der Waals surface area contributed by atoms with Gasteiger partial charge in [0.15, 0.2) is 0 Å². The van der Waals surface area contributed by atoms with Gasteiger partial charge in [-0.25, -0.2) is 0 Å². The Morgan fingerprint density at radius 1 is 1.36 bits per heavy atom. The second kappa shape index (κ2) is 3.43. The first kappa shape index (κ1) is 8.84. The van der Waals surface area contributed by atoms with Gasteiger partial charge in [-0.3, -0.25) is 0 Å². The molecule has 0 aromatic heterocycles. The van der Waals surface area contributed by atoms with Gasteiger partial charge < -0.3 is 5.32 Å². The number of hydrogen-bond donors (Lipinski definition) is 1. The summed E-state index contributed by atoms with van der Waals surface area (Å²) in [5, 5.41) is 2.96. The first-order valence-electron chi connectivity index (χ1n) is 3.85. The highest BCUT2D eigenvalue weighted by molar-refractivity contribution is 4.71. The Kier molecular flexibility index (Phi) is 2.76. The zero-order valence-electron chi connectivity index (χ0n) is 6.25. The average Bonchev–Trinajstić information content (AvgIpc) is 1.85. The molecule has 1 rings (SSSR count). The van der Waals surface area contributed by atoms with Crippen molar-refractivity contribution in [3.8, 4) is 0 Å². The Morgan fingerprint density at radius 3 is 2.55 bits per heavy atom. The van der Waals surface area contributed by atoms with E-state index in [1.807, 2.05) is 0 Å². The minimum absolute atomic E-state index is 0.191. The molecule has 0 saturated carbocycles. The average molecular weight is 167 g/mol. The molecule has 1 aliphatic heterocycles. The van der Waals surface area contributed by atoms with E-state index < -0.39 is 12.6 Å². The van der Waals surface area contributed by atoms with Gasteiger partial charge in [-0.05, 0) is 31.8 Å². The first-order valence-corrected chi connectivity index (χ1v) is 3.85. The molecule has 0 aromatic rings. The molecule has 0 aromatic carbocycles. The third-order valence-electron chi connectivity index (χ3n) is 1.92. The summed E-state index contributed by atoms with van der Waals surface area (Å²) in [5.74, 6) is -0.191. The molecule has 1 N–H and O–H groups in total. The van der Waals surface area contributed by atoms with Crippen LogP contribution in [0, 0.1) is 5.92 Å². The molecule has 4 heteroatoms. The maximum atomic E-state index is 11.8. The smallest absolute Gasteiger partial charge is 0.316 e. The third-order valence-corrected chi connectivity index (χ3v) is 1.92. The molecule has 0 amide bonds. The summed E-state index contributed by atoms with van der Waals surface area (Å²) in [6.45, 7) is 1.40. The molecule has 1 heterocycles. The molecule has 1 atom stereocenters. The van der Waals surface area contributed by atoms with E-state index in [2.05, 4.69) is 5.32 Å². The van der Waals surface area contributed by atoms with Crippen LogP contribution >= 0.6 is 0 Å².